The minimum atomic E-state index is -4.50. The summed E-state index contributed by atoms with van der Waals surface area (Å²) in [4.78, 5) is 32.4. The third-order valence-electron chi connectivity index (χ3n) is 9.17. The highest BCUT2D eigenvalue weighted by molar-refractivity contribution is 6.02. The summed E-state index contributed by atoms with van der Waals surface area (Å²) in [5.74, 6) is -2.77. The van der Waals surface area contributed by atoms with Crippen molar-refractivity contribution in [1.82, 2.24) is 9.80 Å². The molecule has 1 aliphatic heterocycles. The predicted molar refractivity (Wildman–Crippen MR) is 189 cm³/mol. The zero-order valence-electron chi connectivity index (χ0n) is 29.3. The minimum Gasteiger partial charge on any atom is -0.486 e. The highest BCUT2D eigenvalue weighted by atomic mass is 19.4. The van der Waals surface area contributed by atoms with Gasteiger partial charge >= 0.3 is 6.18 Å². The molecule has 4 aromatic carbocycles. The zero-order valence-corrected chi connectivity index (χ0v) is 29.3. The molecule has 1 aliphatic rings. The SMILES string of the molecule is C[C@@H]1CN([C@@H](C)CO)C(=O)c2cccc(NC(=O)Cc3ccc(C(F)(F)F)cc3)c2O[C@@H]1CN(C)Cc1ccc(N(C)c2ccc(F)c(F)c2)cc1. The first kappa shape index (κ1) is 38.2. The van der Waals surface area contributed by atoms with Gasteiger partial charge in [0.15, 0.2) is 17.4 Å². The monoisotopic (exact) mass is 724 g/mol. The Morgan fingerprint density at radius 1 is 0.962 bits per heavy atom. The average Bonchev–Trinajstić information content (AvgIpc) is 3.10. The maximum atomic E-state index is 13.8. The van der Waals surface area contributed by atoms with Gasteiger partial charge < -0.3 is 25.0 Å². The Morgan fingerprint density at radius 2 is 1.62 bits per heavy atom. The lowest BCUT2D eigenvalue weighted by Gasteiger charge is -2.38. The average molecular weight is 725 g/mol. The lowest BCUT2D eigenvalue weighted by atomic mass is 9.98. The van der Waals surface area contributed by atoms with Gasteiger partial charge in [-0.25, -0.2) is 8.78 Å². The molecule has 276 valence electrons. The van der Waals surface area contributed by atoms with Crippen LogP contribution in [0.15, 0.2) is 84.9 Å². The first-order valence-electron chi connectivity index (χ1n) is 16.8. The number of hydrogen-bond donors (Lipinski definition) is 2. The third-order valence-corrected chi connectivity index (χ3v) is 9.17. The number of carbonyl (C=O) groups excluding carboxylic acids is 2. The van der Waals surface area contributed by atoms with Crippen LogP contribution in [-0.2, 0) is 23.9 Å². The fourth-order valence-electron chi connectivity index (χ4n) is 6.10. The summed E-state index contributed by atoms with van der Waals surface area (Å²) >= 11 is 0. The van der Waals surface area contributed by atoms with Crippen molar-refractivity contribution in [2.24, 2.45) is 5.92 Å². The maximum Gasteiger partial charge on any atom is 0.416 e. The van der Waals surface area contributed by atoms with Crippen LogP contribution in [0.1, 0.15) is 40.9 Å². The van der Waals surface area contributed by atoms with E-state index in [1.165, 1.54) is 18.2 Å². The van der Waals surface area contributed by atoms with Crippen molar-refractivity contribution in [2.45, 2.75) is 45.1 Å². The fraction of sp³-hybridized carbons (Fsp3) is 0.333. The molecule has 4 aromatic rings. The van der Waals surface area contributed by atoms with Crippen molar-refractivity contribution in [3.63, 3.8) is 0 Å². The van der Waals surface area contributed by atoms with Gasteiger partial charge in [0.2, 0.25) is 5.91 Å². The van der Waals surface area contributed by atoms with Crippen LogP contribution >= 0.6 is 0 Å². The molecular weight excluding hydrogens is 683 g/mol. The number of nitrogens with zero attached hydrogens (tertiary/aromatic N) is 3. The van der Waals surface area contributed by atoms with Crippen LogP contribution in [0, 0.1) is 17.6 Å². The molecule has 0 saturated carbocycles. The number of rotatable bonds is 11. The number of fused-ring (bicyclic) bond motifs is 1. The lowest BCUT2D eigenvalue weighted by molar-refractivity contribution is -0.137. The highest BCUT2D eigenvalue weighted by Gasteiger charge is 2.35. The number of nitrogens with one attached hydrogen (secondary N) is 1. The topological polar surface area (TPSA) is 85.3 Å². The van der Waals surface area contributed by atoms with E-state index >= 15 is 0 Å². The van der Waals surface area contributed by atoms with Crippen LogP contribution in [0.2, 0.25) is 0 Å². The van der Waals surface area contributed by atoms with Gasteiger partial charge in [0.1, 0.15) is 6.10 Å². The van der Waals surface area contributed by atoms with Gasteiger partial charge in [-0.15, -0.1) is 0 Å². The van der Waals surface area contributed by atoms with Crippen LogP contribution in [0.4, 0.5) is 39.0 Å². The first-order valence-corrected chi connectivity index (χ1v) is 16.8. The van der Waals surface area contributed by atoms with Crippen molar-refractivity contribution < 1.29 is 41.4 Å². The van der Waals surface area contributed by atoms with E-state index < -0.39 is 41.4 Å². The Morgan fingerprint density at radius 3 is 2.25 bits per heavy atom. The standard InChI is InChI=1S/C39H41F5N4O4/c1-24-20-48(25(2)23-49)38(51)31-6-5-7-34(45-36(50)18-26-8-12-28(13-9-26)39(42,43)44)37(31)52-35(24)22-46(3)21-27-10-14-29(15-11-27)47(4)30-16-17-32(40)33(41)19-30/h5-17,19,24-25,35,49H,18,20-23H2,1-4H3,(H,45,50)/t24-,25+,35-/m1/s1. The van der Waals surface area contributed by atoms with Gasteiger partial charge in [0, 0.05) is 50.0 Å². The highest BCUT2D eigenvalue weighted by Crippen LogP contribution is 2.36. The number of alkyl halides is 3. The minimum absolute atomic E-state index is 0.165. The van der Waals surface area contributed by atoms with Crippen LogP contribution in [-0.4, -0.2) is 72.7 Å². The lowest BCUT2D eigenvalue weighted by Crippen LogP contribution is -2.49. The number of para-hydroxylation sites is 1. The van der Waals surface area contributed by atoms with E-state index in [-0.39, 0.29) is 41.9 Å². The number of halogens is 5. The van der Waals surface area contributed by atoms with E-state index in [0.29, 0.717) is 30.9 Å². The number of likely N-dealkylation sites (N-methyl/N-ethyl adjacent to an activating group) is 1. The number of anilines is 3. The molecule has 13 heteroatoms. The Hall–Kier alpha value is -5.01. The molecule has 0 bridgehead atoms. The van der Waals surface area contributed by atoms with Crippen LogP contribution in [0.3, 0.4) is 0 Å². The molecule has 0 aromatic heterocycles. The summed E-state index contributed by atoms with van der Waals surface area (Å²) in [5, 5.41) is 12.8. The van der Waals surface area contributed by atoms with E-state index in [1.54, 1.807) is 42.0 Å². The molecule has 0 aliphatic carbocycles. The van der Waals surface area contributed by atoms with E-state index in [2.05, 4.69) is 10.2 Å². The Bertz CT molecular complexity index is 1870. The van der Waals surface area contributed by atoms with Gasteiger partial charge in [0.05, 0.1) is 35.9 Å². The number of ether oxygens (including phenoxy) is 1. The van der Waals surface area contributed by atoms with Gasteiger partial charge in [-0.3, -0.25) is 14.5 Å². The number of hydrogen-bond acceptors (Lipinski definition) is 6. The van der Waals surface area contributed by atoms with Crippen molar-refractivity contribution in [3.05, 3.63) is 119 Å². The van der Waals surface area contributed by atoms with Crippen LogP contribution < -0.4 is 15.0 Å². The van der Waals surface area contributed by atoms with Crippen molar-refractivity contribution >= 4 is 28.9 Å². The molecule has 8 nitrogen and oxygen atoms in total. The van der Waals surface area contributed by atoms with Crippen molar-refractivity contribution in [2.75, 3.05) is 44.0 Å². The van der Waals surface area contributed by atoms with Crippen LogP contribution in [0.5, 0.6) is 5.75 Å². The molecule has 3 atom stereocenters. The van der Waals surface area contributed by atoms with E-state index in [4.69, 9.17) is 4.74 Å². The normalized spacial score (nSPS) is 16.8. The van der Waals surface area contributed by atoms with Gasteiger partial charge in [-0.1, -0.05) is 37.3 Å². The molecule has 0 saturated heterocycles. The molecule has 2 N–H and O–H groups in total. The van der Waals surface area contributed by atoms with E-state index in [9.17, 15) is 36.6 Å². The molecule has 0 unspecified atom stereocenters. The number of benzene rings is 4. The second-order valence-electron chi connectivity index (χ2n) is 13.2. The number of amides is 2. The summed E-state index contributed by atoms with van der Waals surface area (Å²) in [6, 6.07) is 20.0. The Kier molecular flexibility index (Phi) is 11.9. The number of aliphatic hydroxyl groups excluding tert-OH is 1. The third kappa shape index (κ3) is 9.07. The van der Waals surface area contributed by atoms with Crippen molar-refractivity contribution in [3.8, 4) is 5.75 Å². The number of carbonyl (C=O) groups is 2. The van der Waals surface area contributed by atoms with Crippen molar-refractivity contribution in [1.29, 1.82) is 0 Å². The second-order valence-corrected chi connectivity index (χ2v) is 13.2. The summed E-state index contributed by atoms with van der Waals surface area (Å²) < 4.78 is 72.9. The zero-order chi connectivity index (χ0) is 37.7. The van der Waals surface area contributed by atoms with E-state index in [1.807, 2.05) is 38.2 Å². The predicted octanol–water partition coefficient (Wildman–Crippen LogP) is 7.28. The molecular formula is C39H41F5N4O4. The molecule has 1 heterocycles. The summed E-state index contributed by atoms with van der Waals surface area (Å²) in [7, 11) is 3.68. The van der Waals surface area contributed by atoms with E-state index in [0.717, 1.165) is 35.5 Å². The Labute approximate surface area is 299 Å². The molecule has 0 spiro atoms. The molecule has 2 amide bonds. The largest absolute Gasteiger partial charge is 0.486 e. The first-order chi connectivity index (χ1) is 24.6. The maximum absolute atomic E-state index is 13.8. The number of aliphatic hydroxyl groups is 1. The summed E-state index contributed by atoms with van der Waals surface area (Å²) in [6.07, 6.45) is -5.18. The van der Waals surface area contributed by atoms with Gasteiger partial charge in [0.25, 0.3) is 5.91 Å². The smallest absolute Gasteiger partial charge is 0.416 e. The second kappa shape index (κ2) is 16.1. The molecule has 0 radical (unpaired) electrons. The van der Waals surface area contributed by atoms with Gasteiger partial charge in [-0.2, -0.15) is 13.2 Å². The Balaban J connectivity index is 1.34. The molecule has 52 heavy (non-hydrogen) atoms. The van der Waals surface area contributed by atoms with Gasteiger partial charge in [-0.05, 0) is 73.6 Å². The fourth-order valence-corrected chi connectivity index (χ4v) is 6.10. The quantitative estimate of drug-likeness (QED) is 0.158. The molecule has 0 fully saturated rings. The summed E-state index contributed by atoms with van der Waals surface area (Å²) in [6.45, 7) is 4.67. The molecule has 5 rings (SSSR count). The summed E-state index contributed by atoms with van der Waals surface area (Å²) in [5.41, 5.74) is 2.25. The van der Waals surface area contributed by atoms with Crippen LogP contribution in [0.25, 0.3) is 0 Å².